The molecule has 1 atom stereocenters. The van der Waals surface area contributed by atoms with Gasteiger partial charge < -0.3 is 9.88 Å². The summed E-state index contributed by atoms with van der Waals surface area (Å²) >= 11 is 6.12. The van der Waals surface area contributed by atoms with Crippen LogP contribution in [0.25, 0.3) is 11.0 Å². The number of pyridine rings is 1. The minimum absolute atomic E-state index is 0.0968. The highest BCUT2D eigenvalue weighted by atomic mass is 35.5. The van der Waals surface area contributed by atoms with Gasteiger partial charge in [-0.3, -0.25) is 9.79 Å². The van der Waals surface area contributed by atoms with Gasteiger partial charge in [0.15, 0.2) is 0 Å². The van der Waals surface area contributed by atoms with Gasteiger partial charge in [0.2, 0.25) is 5.91 Å². The molecule has 1 unspecified atom stereocenters. The smallest absolute Gasteiger partial charge is 0.346 e. The van der Waals surface area contributed by atoms with Crippen LogP contribution in [0.15, 0.2) is 23.5 Å². The number of amides is 1. The van der Waals surface area contributed by atoms with Gasteiger partial charge in [-0.05, 0) is 12.5 Å². The molecule has 5 nitrogen and oxygen atoms in total. The summed E-state index contributed by atoms with van der Waals surface area (Å²) in [4.78, 5) is 24.3. The van der Waals surface area contributed by atoms with Crippen LogP contribution in [0.4, 0.5) is 18.9 Å². The number of aromatic amines is 1. The number of halogens is 4. The molecule has 0 radical (unpaired) electrons. The molecule has 128 valence electrons. The van der Waals surface area contributed by atoms with Crippen LogP contribution in [0, 0.1) is 5.92 Å². The van der Waals surface area contributed by atoms with Gasteiger partial charge in [-0.15, -0.1) is 0 Å². The molecule has 1 N–H and O–H groups in total. The van der Waals surface area contributed by atoms with Crippen molar-refractivity contribution in [1.82, 2.24) is 14.9 Å². The molecule has 24 heavy (non-hydrogen) atoms. The third-order valence-electron chi connectivity index (χ3n) is 3.86. The van der Waals surface area contributed by atoms with Crippen molar-refractivity contribution in [1.29, 1.82) is 0 Å². The number of H-pyrrole nitrogens is 1. The Labute approximate surface area is 140 Å². The highest BCUT2D eigenvalue weighted by molar-refractivity contribution is 6.34. The van der Waals surface area contributed by atoms with E-state index in [1.54, 1.807) is 18.5 Å². The van der Waals surface area contributed by atoms with Gasteiger partial charge in [0.05, 0.1) is 16.9 Å². The first-order valence-corrected chi connectivity index (χ1v) is 7.71. The standard InChI is InChI=1S/C15H14ClF3N4O/c16-11-7-22-14-10(1-3-20-14)13(11)21-6-9-2-4-23(8-9)12(24)5-15(17,18)19/h1,3,6-7,9H,2,4-5,8H2,(H,20,22). The largest absolute Gasteiger partial charge is 0.397 e. The summed E-state index contributed by atoms with van der Waals surface area (Å²) in [6, 6.07) is 1.80. The van der Waals surface area contributed by atoms with Crippen LogP contribution in [0.2, 0.25) is 5.02 Å². The Hall–Kier alpha value is -2.09. The maximum atomic E-state index is 12.3. The van der Waals surface area contributed by atoms with E-state index in [4.69, 9.17) is 11.6 Å². The lowest BCUT2D eigenvalue weighted by atomic mass is 10.1. The minimum Gasteiger partial charge on any atom is -0.346 e. The van der Waals surface area contributed by atoms with E-state index in [0.717, 1.165) is 5.39 Å². The lowest BCUT2D eigenvalue weighted by Gasteiger charge is -2.16. The average Bonchev–Trinajstić information content (AvgIpc) is 3.13. The zero-order valence-corrected chi connectivity index (χ0v) is 13.2. The van der Waals surface area contributed by atoms with Crippen molar-refractivity contribution in [2.24, 2.45) is 10.9 Å². The van der Waals surface area contributed by atoms with Crippen LogP contribution in [0.1, 0.15) is 12.8 Å². The Bertz CT molecular complexity index is 787. The van der Waals surface area contributed by atoms with Crippen molar-refractivity contribution in [2.45, 2.75) is 19.0 Å². The van der Waals surface area contributed by atoms with Gasteiger partial charge in [0, 0.05) is 36.8 Å². The predicted octanol–water partition coefficient (Wildman–Crippen LogP) is 3.72. The highest BCUT2D eigenvalue weighted by Gasteiger charge is 2.35. The van der Waals surface area contributed by atoms with Gasteiger partial charge in [-0.1, -0.05) is 11.6 Å². The average molecular weight is 359 g/mol. The molecule has 0 aromatic carbocycles. The number of nitrogens with zero attached hydrogens (tertiary/aromatic N) is 3. The van der Waals surface area contributed by atoms with Gasteiger partial charge in [-0.25, -0.2) is 4.98 Å². The summed E-state index contributed by atoms with van der Waals surface area (Å²) in [7, 11) is 0. The van der Waals surface area contributed by atoms with Crippen molar-refractivity contribution < 1.29 is 18.0 Å². The van der Waals surface area contributed by atoms with Gasteiger partial charge in [0.1, 0.15) is 12.1 Å². The van der Waals surface area contributed by atoms with Gasteiger partial charge in [-0.2, -0.15) is 13.2 Å². The number of alkyl halides is 3. The molecule has 1 saturated heterocycles. The monoisotopic (exact) mass is 358 g/mol. The Balaban J connectivity index is 1.69. The predicted molar refractivity (Wildman–Crippen MR) is 84.6 cm³/mol. The molecule has 3 heterocycles. The molecular formula is C15H14ClF3N4O. The number of fused-ring (bicyclic) bond motifs is 1. The Morgan fingerprint density at radius 2 is 2.33 bits per heavy atom. The Kier molecular flexibility index (Phi) is 4.49. The first kappa shape index (κ1) is 16.8. The number of aliphatic imine (C=N–C) groups is 1. The van der Waals surface area contributed by atoms with Crippen molar-refractivity contribution in [2.75, 3.05) is 13.1 Å². The number of likely N-dealkylation sites (tertiary alicyclic amines) is 1. The van der Waals surface area contributed by atoms with E-state index in [1.165, 1.54) is 11.1 Å². The second-order valence-corrected chi connectivity index (χ2v) is 6.06. The number of carbonyl (C=O) groups excluding carboxylic acids is 1. The molecule has 2 aromatic heterocycles. The molecule has 1 fully saturated rings. The molecule has 2 aromatic rings. The zero-order valence-electron chi connectivity index (χ0n) is 12.5. The van der Waals surface area contributed by atoms with Crippen molar-refractivity contribution in [3.05, 3.63) is 23.5 Å². The quantitative estimate of drug-likeness (QED) is 0.850. The zero-order chi connectivity index (χ0) is 17.3. The fraction of sp³-hybridized carbons (Fsp3) is 0.400. The molecular weight excluding hydrogens is 345 g/mol. The molecule has 0 bridgehead atoms. The molecule has 1 aliphatic rings. The van der Waals surface area contributed by atoms with E-state index in [9.17, 15) is 18.0 Å². The van der Waals surface area contributed by atoms with Crippen LogP contribution in [0.5, 0.6) is 0 Å². The highest BCUT2D eigenvalue weighted by Crippen LogP contribution is 2.32. The number of aromatic nitrogens is 2. The van der Waals surface area contributed by atoms with Crippen LogP contribution in [0.3, 0.4) is 0 Å². The molecule has 3 rings (SSSR count). The van der Waals surface area contributed by atoms with Crippen molar-refractivity contribution >= 4 is 40.4 Å². The van der Waals surface area contributed by atoms with Crippen LogP contribution in [-0.2, 0) is 4.79 Å². The molecule has 0 spiro atoms. The fourth-order valence-electron chi connectivity index (χ4n) is 2.70. The summed E-state index contributed by atoms with van der Waals surface area (Å²) in [5, 5.41) is 1.16. The van der Waals surface area contributed by atoms with Crippen LogP contribution < -0.4 is 0 Å². The number of rotatable bonds is 3. The van der Waals surface area contributed by atoms with E-state index in [0.29, 0.717) is 29.3 Å². The number of hydrogen-bond acceptors (Lipinski definition) is 3. The lowest BCUT2D eigenvalue weighted by molar-refractivity contribution is -0.160. The number of hydrogen-bond donors (Lipinski definition) is 1. The molecule has 9 heteroatoms. The maximum absolute atomic E-state index is 12.3. The molecule has 1 aliphatic heterocycles. The van der Waals surface area contributed by atoms with E-state index < -0.39 is 18.5 Å². The first-order chi connectivity index (χ1) is 11.3. The lowest BCUT2D eigenvalue weighted by Crippen LogP contribution is -2.32. The molecule has 1 amide bonds. The van der Waals surface area contributed by atoms with E-state index in [-0.39, 0.29) is 12.5 Å². The Morgan fingerprint density at radius 1 is 1.54 bits per heavy atom. The number of carbonyl (C=O) groups is 1. The molecule has 0 saturated carbocycles. The summed E-state index contributed by atoms with van der Waals surface area (Å²) in [5.41, 5.74) is 1.21. The van der Waals surface area contributed by atoms with Gasteiger partial charge in [0.25, 0.3) is 0 Å². The third-order valence-corrected chi connectivity index (χ3v) is 4.13. The molecule has 0 aliphatic carbocycles. The van der Waals surface area contributed by atoms with Gasteiger partial charge >= 0.3 is 6.18 Å². The fourth-order valence-corrected chi connectivity index (χ4v) is 2.90. The first-order valence-electron chi connectivity index (χ1n) is 7.34. The van der Waals surface area contributed by atoms with E-state index >= 15 is 0 Å². The minimum atomic E-state index is -4.48. The topological polar surface area (TPSA) is 61.4 Å². The summed E-state index contributed by atoms with van der Waals surface area (Å²) in [6.45, 7) is 0.534. The van der Waals surface area contributed by atoms with Crippen LogP contribution in [-0.4, -0.2) is 46.3 Å². The SMILES string of the molecule is O=C(CC(F)(F)F)N1CCC(C=Nc2c(Cl)cnc3[nH]ccc23)C1. The summed E-state index contributed by atoms with van der Waals surface area (Å²) in [6.07, 6.45) is -0.466. The van der Waals surface area contributed by atoms with Crippen molar-refractivity contribution in [3.8, 4) is 0 Å². The summed E-state index contributed by atoms with van der Waals surface area (Å²) < 4.78 is 36.9. The van der Waals surface area contributed by atoms with Crippen molar-refractivity contribution in [3.63, 3.8) is 0 Å². The van der Waals surface area contributed by atoms with E-state index in [1.807, 2.05) is 0 Å². The van der Waals surface area contributed by atoms with Crippen LogP contribution >= 0.6 is 11.6 Å². The summed E-state index contributed by atoms with van der Waals surface area (Å²) in [5.74, 6) is -0.992. The normalized spacial score (nSPS) is 18.8. The second-order valence-electron chi connectivity index (χ2n) is 5.65. The number of nitrogens with one attached hydrogen (secondary N) is 1. The maximum Gasteiger partial charge on any atom is 0.397 e. The Morgan fingerprint density at radius 3 is 3.08 bits per heavy atom. The van der Waals surface area contributed by atoms with E-state index in [2.05, 4.69) is 15.0 Å². The second kappa shape index (κ2) is 6.43. The third kappa shape index (κ3) is 3.69.